The molecule has 0 radical (unpaired) electrons. The fourth-order valence-electron chi connectivity index (χ4n) is 2.64. The van der Waals surface area contributed by atoms with E-state index in [2.05, 4.69) is 4.98 Å². The molecule has 20 heavy (non-hydrogen) atoms. The van der Waals surface area contributed by atoms with Gasteiger partial charge in [0, 0.05) is 22.5 Å². The predicted octanol–water partition coefficient (Wildman–Crippen LogP) is 4.96. The highest BCUT2D eigenvalue weighted by atomic mass is 16.3. The number of hydrogen-bond donors (Lipinski definition) is 0. The molecule has 2 aromatic heterocycles. The summed E-state index contributed by atoms with van der Waals surface area (Å²) < 4.78 is 21.7. The van der Waals surface area contributed by atoms with E-state index in [1.54, 1.807) is 6.20 Å². The Morgan fingerprint density at radius 2 is 2.00 bits per heavy atom. The molecule has 2 heterocycles. The largest absolute Gasteiger partial charge is 0.456 e. The zero-order valence-electron chi connectivity index (χ0n) is 13.0. The molecule has 0 amide bonds. The van der Waals surface area contributed by atoms with Gasteiger partial charge in [0.1, 0.15) is 11.2 Å². The van der Waals surface area contributed by atoms with E-state index in [0.29, 0.717) is 5.69 Å². The average molecular weight is 261 g/mol. The molecule has 4 aromatic rings. The highest BCUT2D eigenvalue weighted by Gasteiger charge is 2.11. The van der Waals surface area contributed by atoms with Gasteiger partial charge in [0.15, 0.2) is 0 Å². The lowest BCUT2D eigenvalue weighted by molar-refractivity contribution is 0.669. The van der Waals surface area contributed by atoms with E-state index in [0.717, 1.165) is 33.1 Å². The molecule has 96 valence electrons. The van der Waals surface area contributed by atoms with Gasteiger partial charge in [-0.1, -0.05) is 24.2 Å². The van der Waals surface area contributed by atoms with Crippen LogP contribution >= 0.6 is 0 Å². The number of hydrogen-bond acceptors (Lipinski definition) is 2. The average Bonchev–Trinajstić information content (AvgIpc) is 2.88. The van der Waals surface area contributed by atoms with Crippen LogP contribution in [0.1, 0.15) is 8.30 Å². The Bertz CT molecular complexity index is 1020. The van der Waals surface area contributed by atoms with E-state index in [1.807, 2.05) is 43.3 Å². The minimum absolute atomic E-state index is 0.136. The monoisotopic (exact) mass is 261 g/mol. The Hall–Kier alpha value is -2.61. The fraction of sp³-hybridized carbons (Fsp3) is 0.0556. The first-order valence-electron chi connectivity index (χ1n) is 7.49. The van der Waals surface area contributed by atoms with Crippen molar-refractivity contribution < 1.29 is 7.16 Å². The van der Waals surface area contributed by atoms with Crippen molar-refractivity contribution in [2.45, 2.75) is 6.92 Å². The second kappa shape index (κ2) is 4.20. The first-order chi connectivity index (χ1) is 10.6. The van der Waals surface area contributed by atoms with Crippen molar-refractivity contribution >= 4 is 21.9 Å². The van der Waals surface area contributed by atoms with Gasteiger partial charge < -0.3 is 4.42 Å². The van der Waals surface area contributed by atoms with Crippen LogP contribution in [0.2, 0.25) is 0 Å². The fourth-order valence-corrected chi connectivity index (χ4v) is 2.64. The zero-order valence-corrected chi connectivity index (χ0v) is 11.0. The smallest absolute Gasteiger partial charge is 0.136 e. The van der Waals surface area contributed by atoms with Gasteiger partial charge in [0.2, 0.25) is 0 Å². The van der Waals surface area contributed by atoms with Crippen LogP contribution in [0.4, 0.5) is 0 Å². The van der Waals surface area contributed by atoms with E-state index in [4.69, 9.17) is 7.16 Å². The zero-order chi connectivity index (χ0) is 15.3. The van der Waals surface area contributed by atoms with E-state index >= 15 is 0 Å². The first kappa shape index (κ1) is 9.32. The van der Waals surface area contributed by atoms with Gasteiger partial charge in [-0.05, 0) is 42.8 Å². The minimum atomic E-state index is 0.136. The molecule has 0 saturated heterocycles. The van der Waals surface area contributed by atoms with E-state index in [1.165, 1.54) is 6.07 Å². The van der Waals surface area contributed by atoms with Gasteiger partial charge in [0.05, 0.1) is 8.44 Å². The first-order valence-corrected chi connectivity index (χ1v) is 6.49. The van der Waals surface area contributed by atoms with Crippen molar-refractivity contribution in [1.82, 2.24) is 4.98 Å². The van der Waals surface area contributed by atoms with Crippen molar-refractivity contribution in [2.75, 3.05) is 0 Å². The summed E-state index contributed by atoms with van der Waals surface area (Å²) in [6, 6.07) is 13.7. The van der Waals surface area contributed by atoms with Crippen LogP contribution in [-0.2, 0) is 0 Å². The molecule has 0 fully saturated rings. The highest BCUT2D eigenvalue weighted by molar-refractivity contribution is 6.07. The number of fused-ring (bicyclic) bond motifs is 3. The lowest BCUT2D eigenvalue weighted by atomic mass is 10.0. The number of aromatic nitrogens is 1. The molecule has 0 atom stereocenters. The molecule has 0 unspecified atom stereocenters. The second-order valence-corrected chi connectivity index (χ2v) is 4.83. The summed E-state index contributed by atoms with van der Waals surface area (Å²) in [6.45, 7) is 2.03. The van der Waals surface area contributed by atoms with Gasteiger partial charge in [0.25, 0.3) is 0 Å². The molecule has 0 aliphatic rings. The Morgan fingerprint density at radius 3 is 2.95 bits per heavy atom. The van der Waals surface area contributed by atoms with Gasteiger partial charge in [-0.25, -0.2) is 0 Å². The molecule has 0 aliphatic heterocycles. The van der Waals surface area contributed by atoms with Crippen molar-refractivity contribution in [1.29, 1.82) is 0 Å². The number of benzene rings is 2. The molecule has 0 saturated carbocycles. The van der Waals surface area contributed by atoms with Gasteiger partial charge in [-0.15, -0.1) is 0 Å². The van der Waals surface area contributed by atoms with Crippen LogP contribution in [0.25, 0.3) is 33.2 Å². The third-order valence-electron chi connectivity index (χ3n) is 3.50. The van der Waals surface area contributed by atoms with Crippen LogP contribution in [-0.4, -0.2) is 4.98 Å². The minimum Gasteiger partial charge on any atom is -0.456 e. The number of aryl methyl sites for hydroxylation is 1. The van der Waals surface area contributed by atoms with Crippen molar-refractivity contribution in [2.24, 2.45) is 0 Å². The quantitative estimate of drug-likeness (QED) is 0.484. The van der Waals surface area contributed by atoms with E-state index < -0.39 is 0 Å². The normalized spacial score (nSPS) is 12.7. The molecular formula is C18H13NO. The van der Waals surface area contributed by atoms with E-state index in [9.17, 15) is 0 Å². The maximum atomic E-state index is 8.04. The van der Waals surface area contributed by atoms with Crippen molar-refractivity contribution in [3.05, 3.63) is 66.3 Å². The van der Waals surface area contributed by atoms with Gasteiger partial charge >= 0.3 is 0 Å². The summed E-state index contributed by atoms with van der Waals surface area (Å²) in [4.78, 5) is 4.26. The second-order valence-electron chi connectivity index (χ2n) is 4.83. The van der Waals surface area contributed by atoms with Gasteiger partial charge in [-0.2, -0.15) is 0 Å². The van der Waals surface area contributed by atoms with Crippen LogP contribution in [0.5, 0.6) is 0 Å². The van der Waals surface area contributed by atoms with Gasteiger partial charge in [-0.3, -0.25) is 4.98 Å². The summed E-state index contributed by atoms with van der Waals surface area (Å²) >= 11 is 0. The number of rotatable bonds is 1. The lowest BCUT2D eigenvalue weighted by Gasteiger charge is -2.03. The van der Waals surface area contributed by atoms with E-state index in [-0.39, 0.29) is 12.1 Å². The Kier molecular flexibility index (Phi) is 1.96. The van der Waals surface area contributed by atoms with Crippen LogP contribution < -0.4 is 0 Å². The van der Waals surface area contributed by atoms with Crippen LogP contribution in [0, 0.1) is 6.92 Å². The maximum Gasteiger partial charge on any atom is 0.136 e. The summed E-state index contributed by atoms with van der Waals surface area (Å²) in [6.07, 6.45) is 1.56. The summed E-state index contributed by atoms with van der Waals surface area (Å²) in [7, 11) is 0. The Labute approximate surface area is 119 Å². The highest BCUT2D eigenvalue weighted by Crippen LogP contribution is 2.34. The van der Waals surface area contributed by atoms with Crippen LogP contribution in [0.3, 0.4) is 0 Å². The predicted molar refractivity (Wildman–Crippen MR) is 81.7 cm³/mol. The SMILES string of the molecule is [2H]c1ccnc(-c2cc(C)c3c(c2)oc2ccccc23)c1[2H]. The Balaban J connectivity index is 2.05. The van der Waals surface area contributed by atoms with Crippen molar-refractivity contribution in [3.8, 4) is 11.3 Å². The maximum absolute atomic E-state index is 8.04. The van der Waals surface area contributed by atoms with Crippen LogP contribution in [0.15, 0.2) is 65.2 Å². The number of para-hydroxylation sites is 1. The molecule has 0 N–H and O–H groups in total. The lowest BCUT2D eigenvalue weighted by Crippen LogP contribution is -1.84. The number of nitrogens with zero attached hydrogens (tertiary/aromatic N) is 1. The molecule has 0 aliphatic carbocycles. The number of furan rings is 1. The molecular weight excluding hydrogens is 246 g/mol. The molecule has 2 nitrogen and oxygen atoms in total. The number of pyridine rings is 1. The third-order valence-corrected chi connectivity index (χ3v) is 3.50. The summed E-state index contributed by atoms with van der Waals surface area (Å²) in [5.41, 5.74) is 4.04. The molecule has 2 heteroatoms. The summed E-state index contributed by atoms with van der Waals surface area (Å²) in [5, 5.41) is 2.18. The Morgan fingerprint density at radius 1 is 1.10 bits per heavy atom. The molecule has 2 aromatic carbocycles. The molecule has 0 spiro atoms. The molecule has 4 rings (SSSR count). The third kappa shape index (κ3) is 1.62. The van der Waals surface area contributed by atoms with Crippen molar-refractivity contribution in [3.63, 3.8) is 0 Å². The topological polar surface area (TPSA) is 26.0 Å². The standard InChI is InChI=1S/C18H13NO/c1-12-10-13(15-7-4-5-9-19-15)11-17-18(12)14-6-2-3-8-16(14)20-17/h2-11H,1H3/i4D,7D. The molecule has 0 bridgehead atoms. The summed E-state index contributed by atoms with van der Waals surface area (Å²) in [5.74, 6) is 0.